The van der Waals surface area contributed by atoms with Crippen LogP contribution in [0.5, 0.6) is 0 Å². The molecule has 1 aromatic carbocycles. The highest BCUT2D eigenvalue weighted by Gasteiger charge is 2.29. The Hall–Kier alpha value is -1.29. The first-order chi connectivity index (χ1) is 8.04. The molecule has 0 spiro atoms. The molecule has 94 valence electrons. The van der Waals surface area contributed by atoms with Crippen molar-refractivity contribution in [2.45, 2.75) is 25.6 Å². The molecule has 4 heteroatoms. The minimum atomic E-state index is -4.25. The molecule has 0 atom stereocenters. The predicted octanol–water partition coefficient (Wildman–Crippen LogP) is 3.76. The number of hydrogen-bond donors (Lipinski definition) is 1. The van der Waals surface area contributed by atoms with Crippen molar-refractivity contribution in [3.05, 3.63) is 48.0 Å². The maximum atomic E-state index is 12.3. The van der Waals surface area contributed by atoms with Crippen LogP contribution in [0.2, 0.25) is 0 Å². The number of alkyl halides is 3. The van der Waals surface area contributed by atoms with Crippen LogP contribution in [0, 0.1) is 0 Å². The summed E-state index contributed by atoms with van der Waals surface area (Å²) >= 11 is 0. The second-order valence-electron chi connectivity index (χ2n) is 3.80. The summed E-state index contributed by atoms with van der Waals surface area (Å²) in [6.45, 7) is 5.05. The van der Waals surface area contributed by atoms with Gasteiger partial charge in [0.15, 0.2) is 0 Å². The maximum Gasteiger partial charge on any atom is 0.416 e. The molecule has 0 aliphatic heterocycles. The van der Waals surface area contributed by atoms with Crippen molar-refractivity contribution >= 4 is 0 Å². The van der Waals surface area contributed by atoms with Gasteiger partial charge in [-0.1, -0.05) is 18.2 Å². The van der Waals surface area contributed by atoms with Gasteiger partial charge >= 0.3 is 6.18 Å². The first-order valence-electron chi connectivity index (χ1n) is 5.52. The number of benzene rings is 1. The van der Waals surface area contributed by atoms with Gasteiger partial charge in [0, 0.05) is 6.54 Å². The second kappa shape index (κ2) is 6.45. The molecule has 0 aromatic heterocycles. The molecule has 1 aromatic rings. The van der Waals surface area contributed by atoms with Crippen LogP contribution < -0.4 is 5.32 Å². The van der Waals surface area contributed by atoms with Gasteiger partial charge in [-0.05, 0) is 37.1 Å². The fraction of sp³-hybridized carbons (Fsp3) is 0.385. The van der Waals surface area contributed by atoms with Gasteiger partial charge in [-0.3, -0.25) is 0 Å². The van der Waals surface area contributed by atoms with Crippen molar-refractivity contribution in [3.63, 3.8) is 0 Å². The topological polar surface area (TPSA) is 12.0 Å². The highest BCUT2D eigenvalue weighted by Crippen LogP contribution is 2.28. The Morgan fingerprint density at radius 2 is 1.82 bits per heavy atom. The van der Waals surface area contributed by atoms with E-state index in [1.165, 1.54) is 12.1 Å². The van der Waals surface area contributed by atoms with E-state index in [1.54, 1.807) is 0 Å². The third-order valence-electron chi connectivity index (χ3n) is 2.37. The minimum Gasteiger partial charge on any atom is -0.313 e. The Balaban J connectivity index is 2.38. The molecule has 0 aliphatic carbocycles. The van der Waals surface area contributed by atoms with Gasteiger partial charge in [-0.15, -0.1) is 6.58 Å². The van der Waals surface area contributed by atoms with Crippen LogP contribution in [0.3, 0.4) is 0 Å². The smallest absolute Gasteiger partial charge is 0.313 e. The van der Waals surface area contributed by atoms with E-state index in [0.29, 0.717) is 6.54 Å². The van der Waals surface area contributed by atoms with Crippen LogP contribution in [0.25, 0.3) is 0 Å². The van der Waals surface area contributed by atoms with E-state index in [9.17, 15) is 13.2 Å². The molecule has 1 N–H and O–H groups in total. The van der Waals surface area contributed by atoms with Gasteiger partial charge in [-0.25, -0.2) is 0 Å². The number of hydrogen-bond acceptors (Lipinski definition) is 1. The molecular weight excluding hydrogens is 227 g/mol. The third kappa shape index (κ3) is 5.04. The van der Waals surface area contributed by atoms with Gasteiger partial charge in [0.2, 0.25) is 0 Å². The fourth-order valence-corrected chi connectivity index (χ4v) is 1.42. The average molecular weight is 243 g/mol. The van der Waals surface area contributed by atoms with Gasteiger partial charge in [-0.2, -0.15) is 13.2 Å². The van der Waals surface area contributed by atoms with Crippen molar-refractivity contribution in [1.82, 2.24) is 5.32 Å². The lowest BCUT2D eigenvalue weighted by Crippen LogP contribution is -2.14. The van der Waals surface area contributed by atoms with Crippen molar-refractivity contribution < 1.29 is 13.2 Å². The van der Waals surface area contributed by atoms with Crippen molar-refractivity contribution in [1.29, 1.82) is 0 Å². The number of allylic oxidation sites excluding steroid dienone is 1. The van der Waals surface area contributed by atoms with Crippen LogP contribution in [0.4, 0.5) is 13.2 Å². The highest BCUT2D eigenvalue weighted by atomic mass is 19.4. The lowest BCUT2D eigenvalue weighted by atomic mass is 10.1. The Morgan fingerprint density at radius 3 is 2.35 bits per heavy atom. The van der Waals surface area contributed by atoms with E-state index in [0.717, 1.165) is 37.1 Å². The van der Waals surface area contributed by atoms with Crippen LogP contribution >= 0.6 is 0 Å². The molecule has 1 nitrogen and oxygen atoms in total. The first kappa shape index (κ1) is 13.8. The summed E-state index contributed by atoms with van der Waals surface area (Å²) in [5, 5.41) is 3.17. The molecule has 0 radical (unpaired) electrons. The van der Waals surface area contributed by atoms with E-state index in [2.05, 4.69) is 11.9 Å². The summed E-state index contributed by atoms with van der Waals surface area (Å²) in [5.74, 6) is 0. The van der Waals surface area contributed by atoms with Crippen LogP contribution in [-0.2, 0) is 12.7 Å². The summed E-state index contributed by atoms with van der Waals surface area (Å²) in [7, 11) is 0. The van der Waals surface area contributed by atoms with Crippen LogP contribution in [0.15, 0.2) is 36.9 Å². The summed E-state index contributed by atoms with van der Waals surface area (Å²) < 4.78 is 36.9. The van der Waals surface area contributed by atoms with Crippen molar-refractivity contribution in [3.8, 4) is 0 Å². The molecule has 1 rings (SSSR count). The summed E-state index contributed by atoms with van der Waals surface area (Å²) in [6, 6.07) is 5.23. The number of unbranched alkanes of at least 4 members (excludes halogenated alkanes) is 1. The predicted molar refractivity (Wildman–Crippen MR) is 62.6 cm³/mol. The van der Waals surface area contributed by atoms with E-state index in [-0.39, 0.29) is 0 Å². The molecular formula is C13H16F3N. The standard InChI is InChI=1S/C13H16F3N/c1-2-3-4-9-17-10-11-5-7-12(8-6-11)13(14,15)16/h2,5-8,17H,1,3-4,9-10H2. The van der Waals surface area contributed by atoms with Gasteiger partial charge in [0.05, 0.1) is 5.56 Å². The van der Waals surface area contributed by atoms with Crippen LogP contribution in [-0.4, -0.2) is 6.54 Å². The van der Waals surface area contributed by atoms with E-state index < -0.39 is 11.7 Å². The molecule has 0 saturated carbocycles. The Labute approximate surface area is 99.3 Å². The normalized spacial score (nSPS) is 11.5. The fourth-order valence-electron chi connectivity index (χ4n) is 1.42. The van der Waals surface area contributed by atoms with Crippen molar-refractivity contribution in [2.75, 3.05) is 6.54 Å². The number of rotatable bonds is 6. The zero-order chi connectivity index (χ0) is 12.7. The quantitative estimate of drug-likeness (QED) is 0.592. The number of halogens is 3. The first-order valence-corrected chi connectivity index (χ1v) is 5.52. The zero-order valence-corrected chi connectivity index (χ0v) is 9.56. The third-order valence-corrected chi connectivity index (χ3v) is 2.37. The summed E-state index contributed by atoms with van der Waals surface area (Å²) in [6.07, 6.45) is -0.472. The van der Waals surface area contributed by atoms with Gasteiger partial charge < -0.3 is 5.32 Å². The zero-order valence-electron chi connectivity index (χ0n) is 9.56. The highest BCUT2D eigenvalue weighted by molar-refractivity contribution is 5.24. The molecule has 0 saturated heterocycles. The van der Waals surface area contributed by atoms with Crippen molar-refractivity contribution in [2.24, 2.45) is 0 Å². The molecule has 0 unspecified atom stereocenters. The average Bonchev–Trinajstić information content (AvgIpc) is 2.28. The summed E-state index contributed by atoms with van der Waals surface area (Å²) in [5.41, 5.74) is 0.254. The molecule has 0 aliphatic rings. The van der Waals surface area contributed by atoms with E-state index in [1.807, 2.05) is 6.08 Å². The van der Waals surface area contributed by atoms with E-state index in [4.69, 9.17) is 0 Å². The largest absolute Gasteiger partial charge is 0.416 e. The van der Waals surface area contributed by atoms with Gasteiger partial charge in [0.25, 0.3) is 0 Å². The molecule has 0 bridgehead atoms. The minimum absolute atomic E-state index is 0.593. The Kier molecular flexibility index (Phi) is 5.22. The Bertz CT molecular complexity index is 341. The lowest BCUT2D eigenvalue weighted by Gasteiger charge is -2.08. The second-order valence-corrected chi connectivity index (χ2v) is 3.80. The van der Waals surface area contributed by atoms with Gasteiger partial charge in [0.1, 0.15) is 0 Å². The molecule has 0 amide bonds. The molecule has 0 heterocycles. The lowest BCUT2D eigenvalue weighted by molar-refractivity contribution is -0.137. The molecule has 17 heavy (non-hydrogen) atoms. The number of nitrogens with one attached hydrogen (secondary N) is 1. The Morgan fingerprint density at radius 1 is 1.18 bits per heavy atom. The maximum absolute atomic E-state index is 12.3. The SMILES string of the molecule is C=CCCCNCc1ccc(C(F)(F)F)cc1. The monoisotopic (exact) mass is 243 g/mol. The molecule has 0 fully saturated rings. The van der Waals surface area contributed by atoms with E-state index >= 15 is 0 Å². The van der Waals surface area contributed by atoms with Crippen LogP contribution in [0.1, 0.15) is 24.0 Å². The summed E-state index contributed by atoms with van der Waals surface area (Å²) in [4.78, 5) is 0.